The third kappa shape index (κ3) is 1.23. The van der Waals surface area contributed by atoms with Gasteiger partial charge in [-0.3, -0.25) is 9.13 Å². The molecule has 3 rings (SSSR count). The van der Waals surface area contributed by atoms with Gasteiger partial charge in [0.25, 0.3) is 0 Å². The molecule has 16 heavy (non-hydrogen) atoms. The highest BCUT2D eigenvalue weighted by atomic mass is 16.2. The van der Waals surface area contributed by atoms with Crippen molar-refractivity contribution in [2.24, 2.45) is 0 Å². The Morgan fingerprint density at radius 3 is 2.56 bits per heavy atom. The zero-order valence-corrected chi connectivity index (χ0v) is 8.80. The molecular formula is C12H12N2O2. The van der Waals surface area contributed by atoms with Gasteiger partial charge in [-0.15, -0.1) is 0 Å². The van der Waals surface area contributed by atoms with Gasteiger partial charge < -0.3 is 4.79 Å². The summed E-state index contributed by atoms with van der Waals surface area (Å²) in [5, 5.41) is 0. The summed E-state index contributed by atoms with van der Waals surface area (Å²) in [5.74, 6) is 0. The van der Waals surface area contributed by atoms with Crippen LogP contribution in [-0.4, -0.2) is 15.4 Å². The van der Waals surface area contributed by atoms with Crippen molar-refractivity contribution >= 4 is 17.3 Å². The molecule has 1 aromatic heterocycles. The normalized spacial score (nSPS) is 15.5. The molecule has 4 nitrogen and oxygen atoms in total. The summed E-state index contributed by atoms with van der Waals surface area (Å²) >= 11 is 0. The van der Waals surface area contributed by atoms with Gasteiger partial charge in [0.15, 0.2) is 0 Å². The van der Waals surface area contributed by atoms with Gasteiger partial charge in [0.1, 0.15) is 6.29 Å². The molecular weight excluding hydrogens is 204 g/mol. The van der Waals surface area contributed by atoms with Crippen molar-refractivity contribution in [1.82, 2.24) is 9.13 Å². The molecule has 0 unspecified atom stereocenters. The number of carbonyl (C=O) groups is 1. The number of nitrogens with zero attached hydrogens (tertiary/aromatic N) is 2. The van der Waals surface area contributed by atoms with Crippen molar-refractivity contribution in [3.63, 3.8) is 0 Å². The first-order valence-electron chi connectivity index (χ1n) is 5.46. The maximum absolute atomic E-state index is 12.1. The summed E-state index contributed by atoms with van der Waals surface area (Å²) in [4.78, 5) is 22.7. The highest BCUT2D eigenvalue weighted by Gasteiger charge is 2.28. The van der Waals surface area contributed by atoms with Gasteiger partial charge >= 0.3 is 5.69 Å². The fraction of sp³-hybridized carbons (Fsp3) is 0.333. The summed E-state index contributed by atoms with van der Waals surface area (Å²) < 4.78 is 3.36. The van der Waals surface area contributed by atoms with Gasteiger partial charge in [-0.2, -0.15) is 0 Å². The van der Waals surface area contributed by atoms with Crippen molar-refractivity contribution in [2.45, 2.75) is 25.4 Å². The van der Waals surface area contributed by atoms with Crippen LogP contribution in [0.5, 0.6) is 0 Å². The topological polar surface area (TPSA) is 44.0 Å². The van der Waals surface area contributed by atoms with Gasteiger partial charge in [-0.05, 0) is 25.0 Å². The van der Waals surface area contributed by atoms with Gasteiger partial charge in [0.05, 0.1) is 17.6 Å². The first-order chi connectivity index (χ1) is 7.83. The molecule has 0 atom stereocenters. The molecule has 1 aliphatic carbocycles. The monoisotopic (exact) mass is 216 g/mol. The molecule has 1 saturated carbocycles. The zero-order valence-electron chi connectivity index (χ0n) is 8.80. The maximum atomic E-state index is 12.1. The fourth-order valence-electron chi connectivity index (χ4n) is 2.17. The van der Waals surface area contributed by atoms with Gasteiger partial charge in [0.2, 0.25) is 0 Å². The van der Waals surface area contributed by atoms with Crippen molar-refractivity contribution in [3.8, 4) is 0 Å². The van der Waals surface area contributed by atoms with Crippen LogP contribution in [-0.2, 0) is 11.3 Å². The van der Waals surface area contributed by atoms with Crippen molar-refractivity contribution < 1.29 is 4.79 Å². The number of rotatable bonds is 3. The van der Waals surface area contributed by atoms with Crippen LogP contribution in [0.3, 0.4) is 0 Å². The Bertz CT molecular complexity index is 605. The molecule has 0 amide bonds. The van der Waals surface area contributed by atoms with Gasteiger partial charge in [-0.25, -0.2) is 4.79 Å². The van der Waals surface area contributed by atoms with E-state index in [1.54, 1.807) is 4.57 Å². The highest BCUT2D eigenvalue weighted by molar-refractivity contribution is 5.77. The van der Waals surface area contributed by atoms with E-state index in [1.807, 2.05) is 28.8 Å². The van der Waals surface area contributed by atoms with Crippen molar-refractivity contribution in [3.05, 3.63) is 34.7 Å². The first-order valence-corrected chi connectivity index (χ1v) is 5.46. The molecule has 4 heteroatoms. The second kappa shape index (κ2) is 3.33. The number of aldehydes is 1. The predicted octanol–water partition coefficient (Wildman–Crippen LogP) is 1.34. The smallest absolute Gasteiger partial charge is 0.301 e. The SMILES string of the molecule is O=CCn1c(=O)n(C2CC2)c2ccccc21. The Kier molecular flexibility index (Phi) is 1.96. The van der Waals surface area contributed by atoms with Crippen LogP contribution in [0, 0.1) is 0 Å². The Morgan fingerprint density at radius 2 is 1.94 bits per heavy atom. The molecule has 0 radical (unpaired) electrons. The molecule has 0 bridgehead atoms. The predicted molar refractivity (Wildman–Crippen MR) is 60.5 cm³/mol. The Balaban J connectivity index is 2.36. The summed E-state index contributed by atoms with van der Waals surface area (Å²) in [6.45, 7) is 0.138. The largest absolute Gasteiger partial charge is 0.329 e. The molecule has 82 valence electrons. The number of hydrogen-bond acceptors (Lipinski definition) is 2. The second-order valence-electron chi connectivity index (χ2n) is 4.15. The molecule has 0 aliphatic heterocycles. The number of para-hydroxylation sites is 2. The Hall–Kier alpha value is -1.84. The number of hydrogen-bond donors (Lipinski definition) is 0. The van der Waals surface area contributed by atoms with Crippen LogP contribution in [0.1, 0.15) is 18.9 Å². The Labute approximate surface area is 92.1 Å². The van der Waals surface area contributed by atoms with E-state index in [2.05, 4.69) is 0 Å². The average Bonchev–Trinajstić information content (AvgIpc) is 3.08. The number of aromatic nitrogens is 2. The maximum Gasteiger partial charge on any atom is 0.329 e. The van der Waals surface area contributed by atoms with Gasteiger partial charge in [-0.1, -0.05) is 12.1 Å². The van der Waals surface area contributed by atoms with Crippen LogP contribution in [0.25, 0.3) is 11.0 Å². The number of fused-ring (bicyclic) bond motifs is 1. The molecule has 1 fully saturated rings. The van der Waals surface area contributed by atoms with E-state index in [4.69, 9.17) is 0 Å². The summed E-state index contributed by atoms with van der Waals surface area (Å²) in [7, 11) is 0. The van der Waals surface area contributed by atoms with E-state index in [9.17, 15) is 9.59 Å². The zero-order chi connectivity index (χ0) is 11.1. The second-order valence-corrected chi connectivity index (χ2v) is 4.15. The van der Waals surface area contributed by atoms with Crippen LogP contribution >= 0.6 is 0 Å². The number of benzene rings is 1. The van der Waals surface area contributed by atoms with E-state index in [1.165, 1.54) is 0 Å². The van der Waals surface area contributed by atoms with Crippen molar-refractivity contribution in [2.75, 3.05) is 0 Å². The lowest BCUT2D eigenvalue weighted by atomic mass is 10.3. The molecule has 0 saturated heterocycles. The van der Waals surface area contributed by atoms with Crippen LogP contribution in [0.15, 0.2) is 29.1 Å². The minimum Gasteiger partial charge on any atom is -0.301 e. The van der Waals surface area contributed by atoms with Crippen LogP contribution < -0.4 is 5.69 Å². The highest BCUT2D eigenvalue weighted by Crippen LogP contribution is 2.35. The third-order valence-corrected chi connectivity index (χ3v) is 3.04. The van der Waals surface area contributed by atoms with Crippen molar-refractivity contribution in [1.29, 1.82) is 0 Å². The first kappa shape index (κ1) is 9.39. The summed E-state index contributed by atoms with van der Waals surface area (Å²) in [6, 6.07) is 7.98. The van der Waals surface area contributed by atoms with E-state index in [0.717, 1.165) is 30.2 Å². The van der Waals surface area contributed by atoms with E-state index < -0.39 is 0 Å². The molecule has 0 N–H and O–H groups in total. The Morgan fingerprint density at radius 1 is 1.25 bits per heavy atom. The lowest BCUT2D eigenvalue weighted by Crippen LogP contribution is -2.24. The van der Waals surface area contributed by atoms with Crippen LogP contribution in [0.2, 0.25) is 0 Å². The van der Waals surface area contributed by atoms with E-state index in [0.29, 0.717) is 6.04 Å². The summed E-state index contributed by atoms with van der Waals surface area (Å²) in [5.41, 5.74) is 1.74. The number of imidazole rings is 1. The minimum absolute atomic E-state index is 0.0594. The lowest BCUT2D eigenvalue weighted by Gasteiger charge is -1.97. The summed E-state index contributed by atoms with van der Waals surface area (Å²) in [6.07, 6.45) is 2.90. The van der Waals surface area contributed by atoms with Gasteiger partial charge in [0, 0.05) is 6.04 Å². The van der Waals surface area contributed by atoms with E-state index >= 15 is 0 Å². The molecule has 2 aromatic rings. The standard InChI is InChI=1S/C12H12N2O2/c15-8-7-13-10-3-1-2-4-11(10)14(12(13)16)9-5-6-9/h1-4,8-9H,5-7H2. The lowest BCUT2D eigenvalue weighted by molar-refractivity contribution is -0.108. The minimum atomic E-state index is -0.0594. The van der Waals surface area contributed by atoms with Crippen LogP contribution in [0.4, 0.5) is 0 Å². The molecule has 1 heterocycles. The number of carbonyl (C=O) groups excluding carboxylic acids is 1. The molecule has 1 aliphatic rings. The molecule has 1 aromatic carbocycles. The quantitative estimate of drug-likeness (QED) is 0.727. The fourth-order valence-corrected chi connectivity index (χ4v) is 2.17. The third-order valence-electron chi connectivity index (χ3n) is 3.04. The average molecular weight is 216 g/mol. The van der Waals surface area contributed by atoms with E-state index in [-0.39, 0.29) is 12.2 Å². The molecule has 0 spiro atoms.